The summed E-state index contributed by atoms with van der Waals surface area (Å²) < 4.78 is 5.56. The molecule has 4 N–H and O–H groups in total. The third-order valence-electron chi connectivity index (χ3n) is 5.39. The number of hydrogen-bond acceptors (Lipinski definition) is 3. The molecule has 2 aromatic carbocycles. The molecule has 30 heavy (non-hydrogen) atoms. The van der Waals surface area contributed by atoms with E-state index < -0.39 is 0 Å². The van der Waals surface area contributed by atoms with Gasteiger partial charge in [0, 0.05) is 24.4 Å². The maximum atomic E-state index is 12.4. The number of nitrogens with two attached hydrogens (primary N) is 1. The molecule has 1 fully saturated rings. The molecule has 0 bridgehead atoms. The van der Waals surface area contributed by atoms with E-state index in [1.807, 2.05) is 24.3 Å². The van der Waals surface area contributed by atoms with Crippen molar-refractivity contribution >= 4 is 17.6 Å². The Labute approximate surface area is 178 Å². The van der Waals surface area contributed by atoms with Gasteiger partial charge < -0.3 is 21.1 Å². The van der Waals surface area contributed by atoms with Crippen LogP contribution < -0.4 is 16.4 Å². The molecular weight excluding hydrogens is 376 g/mol. The smallest absolute Gasteiger partial charge is 0.251 e. The molecule has 0 radical (unpaired) electrons. The lowest BCUT2D eigenvalue weighted by molar-refractivity contribution is 0.0857. The largest absolute Gasteiger partial charge is 0.376 e. The monoisotopic (exact) mass is 408 g/mol. The van der Waals surface area contributed by atoms with Crippen molar-refractivity contribution in [1.29, 1.82) is 0 Å². The number of amides is 1. The second kappa shape index (κ2) is 10.8. The summed E-state index contributed by atoms with van der Waals surface area (Å²) in [5.74, 6) is 0.283. The average molecular weight is 409 g/mol. The van der Waals surface area contributed by atoms with Crippen molar-refractivity contribution in [3.8, 4) is 0 Å². The highest BCUT2D eigenvalue weighted by molar-refractivity contribution is 5.95. The van der Waals surface area contributed by atoms with E-state index in [-0.39, 0.29) is 12.0 Å². The molecule has 6 nitrogen and oxygen atoms in total. The van der Waals surface area contributed by atoms with Gasteiger partial charge in [-0.15, -0.1) is 0 Å². The van der Waals surface area contributed by atoms with E-state index in [0.717, 1.165) is 43.5 Å². The molecular formula is C24H32N4O2. The summed E-state index contributed by atoms with van der Waals surface area (Å²) in [6, 6.07) is 13.8. The van der Waals surface area contributed by atoms with Crippen molar-refractivity contribution in [3.05, 3.63) is 64.7 Å². The van der Waals surface area contributed by atoms with E-state index in [2.05, 4.69) is 47.7 Å². The van der Waals surface area contributed by atoms with Crippen molar-refractivity contribution in [2.24, 2.45) is 10.7 Å². The molecule has 1 saturated heterocycles. The van der Waals surface area contributed by atoms with Gasteiger partial charge in [-0.2, -0.15) is 0 Å². The summed E-state index contributed by atoms with van der Waals surface area (Å²) in [6.07, 6.45) is 4.04. The van der Waals surface area contributed by atoms with Crippen LogP contribution in [0.4, 0.5) is 5.69 Å². The molecule has 0 saturated carbocycles. The minimum Gasteiger partial charge on any atom is -0.376 e. The topological polar surface area (TPSA) is 88.7 Å². The fourth-order valence-electron chi connectivity index (χ4n) is 3.67. The molecule has 2 aromatic rings. The zero-order valence-electron chi connectivity index (χ0n) is 17.9. The Kier molecular flexibility index (Phi) is 7.85. The second-order valence-corrected chi connectivity index (χ2v) is 7.53. The second-order valence-electron chi connectivity index (χ2n) is 7.53. The number of aryl methyl sites for hydroxylation is 2. The highest BCUT2D eigenvalue weighted by Gasteiger charge is 2.16. The Morgan fingerprint density at radius 2 is 1.90 bits per heavy atom. The molecule has 0 spiro atoms. The fourth-order valence-corrected chi connectivity index (χ4v) is 3.67. The van der Waals surface area contributed by atoms with E-state index in [1.165, 1.54) is 11.1 Å². The van der Waals surface area contributed by atoms with Gasteiger partial charge in [-0.3, -0.25) is 4.79 Å². The Balaban J connectivity index is 1.62. The Morgan fingerprint density at radius 3 is 2.57 bits per heavy atom. The Morgan fingerprint density at radius 1 is 1.17 bits per heavy atom. The molecule has 1 aliphatic heterocycles. The van der Waals surface area contributed by atoms with Crippen molar-refractivity contribution in [2.75, 3.05) is 18.5 Å². The predicted molar refractivity (Wildman–Crippen MR) is 122 cm³/mol. The number of guanidine groups is 1. The summed E-state index contributed by atoms with van der Waals surface area (Å²) in [7, 11) is 0. The lowest BCUT2D eigenvalue weighted by atomic mass is 10.0. The molecule has 1 heterocycles. The number of ether oxygens (including phenoxy) is 1. The first-order chi connectivity index (χ1) is 14.6. The minimum absolute atomic E-state index is 0.0908. The van der Waals surface area contributed by atoms with E-state index in [0.29, 0.717) is 24.6 Å². The van der Waals surface area contributed by atoms with Gasteiger partial charge in [-0.1, -0.05) is 44.2 Å². The van der Waals surface area contributed by atoms with E-state index >= 15 is 0 Å². The van der Waals surface area contributed by atoms with Gasteiger partial charge >= 0.3 is 0 Å². The van der Waals surface area contributed by atoms with Crippen molar-refractivity contribution in [2.45, 2.75) is 52.2 Å². The maximum absolute atomic E-state index is 12.4. The van der Waals surface area contributed by atoms with Crippen LogP contribution in [0.3, 0.4) is 0 Å². The highest BCUT2D eigenvalue weighted by Crippen LogP contribution is 2.22. The number of carbonyl (C=O) groups excluding carboxylic acids is 1. The van der Waals surface area contributed by atoms with E-state index in [9.17, 15) is 4.79 Å². The number of benzene rings is 2. The molecule has 1 atom stereocenters. The van der Waals surface area contributed by atoms with Gasteiger partial charge in [0.2, 0.25) is 0 Å². The van der Waals surface area contributed by atoms with Crippen LogP contribution in [0.1, 0.15) is 53.7 Å². The lowest BCUT2D eigenvalue weighted by Crippen LogP contribution is -2.31. The third-order valence-corrected chi connectivity index (χ3v) is 5.39. The number of hydrogen-bond donors (Lipinski definition) is 3. The summed E-state index contributed by atoms with van der Waals surface area (Å²) in [5.41, 5.74) is 11.2. The first-order valence-corrected chi connectivity index (χ1v) is 10.8. The number of aliphatic imine (C=N–C) groups is 1. The first-order valence-electron chi connectivity index (χ1n) is 10.8. The van der Waals surface area contributed by atoms with Crippen molar-refractivity contribution in [1.82, 2.24) is 5.32 Å². The lowest BCUT2D eigenvalue weighted by Gasteiger charge is -2.15. The third kappa shape index (κ3) is 5.83. The van der Waals surface area contributed by atoms with Crippen LogP contribution >= 0.6 is 0 Å². The number of anilines is 1. The van der Waals surface area contributed by atoms with Crippen LogP contribution in [0, 0.1) is 0 Å². The van der Waals surface area contributed by atoms with Gasteiger partial charge in [0.1, 0.15) is 0 Å². The quantitative estimate of drug-likeness (QED) is 0.459. The highest BCUT2D eigenvalue weighted by atomic mass is 16.5. The minimum atomic E-state index is -0.0908. The molecule has 1 aliphatic rings. The van der Waals surface area contributed by atoms with Crippen LogP contribution in [0.2, 0.25) is 0 Å². The Hall–Kier alpha value is -2.86. The molecule has 3 rings (SSSR count). The van der Waals surface area contributed by atoms with Gasteiger partial charge in [0.25, 0.3) is 5.91 Å². The number of nitrogens with zero attached hydrogens (tertiary/aromatic N) is 1. The zero-order chi connectivity index (χ0) is 21.3. The van der Waals surface area contributed by atoms with Crippen LogP contribution in [0.15, 0.2) is 47.5 Å². The SMILES string of the molecule is CCc1cccc(CC)c1NC(N)=NCc1cccc(C(=O)NCC2CCCO2)c1. The van der Waals surface area contributed by atoms with E-state index in [4.69, 9.17) is 10.5 Å². The van der Waals surface area contributed by atoms with Gasteiger partial charge in [-0.05, 0) is 54.5 Å². The first kappa shape index (κ1) is 21.8. The van der Waals surface area contributed by atoms with E-state index in [1.54, 1.807) is 0 Å². The number of rotatable bonds is 8. The summed E-state index contributed by atoms with van der Waals surface area (Å²) in [6.45, 7) is 5.99. The molecule has 1 amide bonds. The maximum Gasteiger partial charge on any atom is 0.251 e. The molecule has 1 unspecified atom stereocenters. The number of carbonyl (C=O) groups is 1. The summed E-state index contributed by atoms with van der Waals surface area (Å²) in [4.78, 5) is 16.9. The van der Waals surface area contributed by atoms with Crippen LogP contribution in [-0.4, -0.2) is 31.1 Å². The average Bonchev–Trinajstić information content (AvgIpc) is 3.30. The summed E-state index contributed by atoms with van der Waals surface area (Å²) in [5, 5.41) is 6.23. The van der Waals surface area contributed by atoms with Crippen LogP contribution in [-0.2, 0) is 24.1 Å². The van der Waals surface area contributed by atoms with Gasteiger partial charge in [0.15, 0.2) is 5.96 Å². The Bertz CT molecular complexity index is 866. The van der Waals surface area contributed by atoms with Crippen molar-refractivity contribution < 1.29 is 9.53 Å². The van der Waals surface area contributed by atoms with Gasteiger partial charge in [-0.25, -0.2) is 4.99 Å². The number of para-hydroxylation sites is 1. The molecule has 0 aliphatic carbocycles. The molecule has 6 heteroatoms. The molecule has 0 aromatic heterocycles. The van der Waals surface area contributed by atoms with Crippen LogP contribution in [0.25, 0.3) is 0 Å². The summed E-state index contributed by atoms with van der Waals surface area (Å²) >= 11 is 0. The zero-order valence-corrected chi connectivity index (χ0v) is 17.9. The predicted octanol–water partition coefficient (Wildman–Crippen LogP) is 3.65. The van der Waals surface area contributed by atoms with Crippen LogP contribution in [0.5, 0.6) is 0 Å². The standard InChI is InChI=1S/C24H32N4O2/c1-3-18-9-6-10-19(4-2)22(18)28-24(25)27-15-17-8-5-11-20(14-17)23(29)26-16-21-12-7-13-30-21/h5-6,8-11,14,21H,3-4,7,12-13,15-16H2,1-2H3,(H,26,29)(H3,25,27,28). The van der Waals surface area contributed by atoms with Gasteiger partial charge in [0.05, 0.1) is 12.6 Å². The van der Waals surface area contributed by atoms with Crippen molar-refractivity contribution in [3.63, 3.8) is 0 Å². The fraction of sp³-hybridized carbons (Fsp3) is 0.417. The normalized spacial score (nSPS) is 16.5. The number of nitrogens with one attached hydrogen (secondary N) is 2. The molecule has 160 valence electrons.